The second-order valence-corrected chi connectivity index (χ2v) is 6.42. The van der Waals surface area contributed by atoms with Crippen LogP contribution in [0.25, 0.3) is 0 Å². The lowest BCUT2D eigenvalue weighted by Crippen LogP contribution is -2.31. The van der Waals surface area contributed by atoms with Crippen LogP contribution in [0.2, 0.25) is 0 Å². The molecule has 0 saturated heterocycles. The topological polar surface area (TPSA) is 49.3 Å². The minimum absolute atomic E-state index is 0.0774. The molecule has 0 fully saturated rings. The summed E-state index contributed by atoms with van der Waals surface area (Å²) in [5.41, 5.74) is 0.880. The average Bonchev–Trinajstić information content (AvgIpc) is 2.43. The molecule has 3 nitrogen and oxygen atoms in total. The van der Waals surface area contributed by atoms with Crippen molar-refractivity contribution in [2.75, 3.05) is 6.54 Å². The molecule has 0 saturated carbocycles. The molecule has 112 valence electrons. The third-order valence-corrected chi connectivity index (χ3v) is 4.20. The van der Waals surface area contributed by atoms with Gasteiger partial charge in [0.15, 0.2) is 0 Å². The molecule has 1 aromatic carbocycles. The highest BCUT2D eigenvalue weighted by atomic mass is 32.2. The van der Waals surface area contributed by atoms with Gasteiger partial charge in [0.25, 0.3) is 0 Å². The smallest absolute Gasteiger partial charge is 0.233 e. The monoisotopic (exact) mass is 295 g/mol. The lowest BCUT2D eigenvalue weighted by Gasteiger charge is -2.13. The highest BCUT2D eigenvalue weighted by Crippen LogP contribution is 2.26. The van der Waals surface area contributed by atoms with Gasteiger partial charge in [-0.1, -0.05) is 31.9 Å². The first kappa shape index (κ1) is 17.1. The van der Waals surface area contributed by atoms with E-state index >= 15 is 0 Å². The van der Waals surface area contributed by atoms with Crippen molar-refractivity contribution in [2.24, 2.45) is 0 Å². The van der Waals surface area contributed by atoms with Gasteiger partial charge in [-0.15, -0.1) is 11.8 Å². The number of rotatable bonds is 8. The lowest BCUT2D eigenvalue weighted by molar-refractivity contribution is -0.120. The van der Waals surface area contributed by atoms with Crippen LogP contribution in [0.1, 0.15) is 51.7 Å². The van der Waals surface area contributed by atoms with Crippen LogP contribution in [-0.4, -0.2) is 22.8 Å². The number of carbonyl (C=O) groups is 1. The molecule has 0 aliphatic heterocycles. The highest BCUT2D eigenvalue weighted by molar-refractivity contribution is 8.00. The molecule has 1 amide bonds. The van der Waals surface area contributed by atoms with Gasteiger partial charge < -0.3 is 10.4 Å². The first-order chi connectivity index (χ1) is 9.54. The van der Waals surface area contributed by atoms with E-state index in [1.54, 1.807) is 6.92 Å². The van der Waals surface area contributed by atoms with Crippen LogP contribution in [0.5, 0.6) is 0 Å². The fraction of sp³-hybridized carbons (Fsp3) is 0.562. The molecule has 20 heavy (non-hydrogen) atoms. The Labute approximate surface area is 126 Å². The number of hydrogen-bond donors (Lipinski definition) is 2. The summed E-state index contributed by atoms with van der Waals surface area (Å²) in [6, 6.07) is 7.72. The molecule has 2 unspecified atom stereocenters. The standard InChI is InChI=1S/C16H25NO2S/c1-4-5-6-10-17-16(19)13(3)20-15-9-7-8-14(11-15)12(2)18/h7-9,11-13,18H,4-6,10H2,1-3H3,(H,17,19). The normalized spacial score (nSPS) is 13.8. The Bertz CT molecular complexity index is 421. The number of aliphatic hydroxyl groups is 1. The Kier molecular flexibility index (Phi) is 7.70. The minimum atomic E-state index is -0.478. The van der Waals surface area contributed by atoms with E-state index in [2.05, 4.69) is 12.2 Å². The largest absolute Gasteiger partial charge is 0.389 e. The van der Waals surface area contributed by atoms with E-state index in [4.69, 9.17) is 0 Å². The Balaban J connectivity index is 2.46. The Morgan fingerprint density at radius 3 is 2.75 bits per heavy atom. The molecule has 0 aliphatic carbocycles. The zero-order valence-corrected chi connectivity index (χ0v) is 13.4. The summed E-state index contributed by atoms with van der Waals surface area (Å²) in [6.07, 6.45) is 2.87. The summed E-state index contributed by atoms with van der Waals surface area (Å²) in [5, 5.41) is 12.4. The van der Waals surface area contributed by atoms with Crippen LogP contribution < -0.4 is 5.32 Å². The molecule has 0 heterocycles. The number of nitrogens with one attached hydrogen (secondary N) is 1. The third-order valence-electron chi connectivity index (χ3n) is 3.10. The summed E-state index contributed by atoms with van der Waals surface area (Å²) in [4.78, 5) is 13.0. The molecule has 0 radical (unpaired) electrons. The second kappa shape index (κ2) is 9.03. The summed E-state index contributed by atoms with van der Waals surface area (Å²) in [7, 11) is 0. The number of carbonyl (C=O) groups excluding carboxylic acids is 1. The number of hydrogen-bond acceptors (Lipinski definition) is 3. The van der Waals surface area contributed by atoms with Gasteiger partial charge in [0.2, 0.25) is 5.91 Å². The third kappa shape index (κ3) is 5.97. The van der Waals surface area contributed by atoms with E-state index in [0.717, 1.165) is 36.3 Å². The summed E-state index contributed by atoms with van der Waals surface area (Å²) in [5.74, 6) is 0.0774. The van der Waals surface area contributed by atoms with Gasteiger partial charge in [-0.25, -0.2) is 0 Å². The van der Waals surface area contributed by atoms with Gasteiger partial charge in [-0.05, 0) is 38.0 Å². The quantitative estimate of drug-likeness (QED) is 0.570. The van der Waals surface area contributed by atoms with Crippen molar-refractivity contribution in [1.82, 2.24) is 5.32 Å². The van der Waals surface area contributed by atoms with Gasteiger partial charge in [0, 0.05) is 11.4 Å². The van der Waals surface area contributed by atoms with Crippen molar-refractivity contribution in [1.29, 1.82) is 0 Å². The maximum Gasteiger partial charge on any atom is 0.233 e. The first-order valence-electron chi connectivity index (χ1n) is 7.27. The molecule has 0 spiro atoms. The summed E-state index contributed by atoms with van der Waals surface area (Å²) in [6.45, 7) is 6.56. The average molecular weight is 295 g/mol. The Morgan fingerprint density at radius 2 is 2.10 bits per heavy atom. The summed E-state index contributed by atoms with van der Waals surface area (Å²) >= 11 is 1.52. The molecular weight excluding hydrogens is 270 g/mol. The number of amides is 1. The van der Waals surface area contributed by atoms with Crippen molar-refractivity contribution in [2.45, 2.75) is 56.3 Å². The molecular formula is C16H25NO2S. The van der Waals surface area contributed by atoms with Gasteiger partial charge in [0.05, 0.1) is 11.4 Å². The van der Waals surface area contributed by atoms with Gasteiger partial charge >= 0.3 is 0 Å². The van der Waals surface area contributed by atoms with Crippen molar-refractivity contribution in [3.8, 4) is 0 Å². The number of unbranched alkanes of at least 4 members (excludes halogenated alkanes) is 2. The first-order valence-corrected chi connectivity index (χ1v) is 8.15. The zero-order chi connectivity index (χ0) is 15.0. The van der Waals surface area contributed by atoms with Crippen molar-refractivity contribution < 1.29 is 9.90 Å². The van der Waals surface area contributed by atoms with Gasteiger partial charge in [-0.2, -0.15) is 0 Å². The van der Waals surface area contributed by atoms with E-state index < -0.39 is 6.10 Å². The predicted octanol–water partition coefficient (Wildman–Crippen LogP) is 3.53. The van der Waals surface area contributed by atoms with Gasteiger partial charge in [-0.3, -0.25) is 4.79 Å². The van der Waals surface area contributed by atoms with Gasteiger partial charge in [0.1, 0.15) is 0 Å². The van der Waals surface area contributed by atoms with Crippen LogP contribution in [0.4, 0.5) is 0 Å². The van der Waals surface area contributed by atoms with Crippen molar-refractivity contribution in [3.05, 3.63) is 29.8 Å². The Morgan fingerprint density at radius 1 is 1.35 bits per heavy atom. The Hall–Kier alpha value is -1.00. The molecule has 2 atom stereocenters. The number of benzene rings is 1. The fourth-order valence-corrected chi connectivity index (χ4v) is 2.80. The van der Waals surface area contributed by atoms with Crippen LogP contribution in [0, 0.1) is 0 Å². The van der Waals surface area contributed by atoms with E-state index in [1.807, 2.05) is 31.2 Å². The maximum atomic E-state index is 11.9. The zero-order valence-electron chi connectivity index (χ0n) is 12.6. The molecule has 0 aliphatic rings. The van der Waals surface area contributed by atoms with Crippen LogP contribution in [-0.2, 0) is 4.79 Å². The van der Waals surface area contributed by atoms with E-state index in [9.17, 15) is 9.90 Å². The minimum Gasteiger partial charge on any atom is -0.389 e. The number of aliphatic hydroxyl groups excluding tert-OH is 1. The highest BCUT2D eigenvalue weighted by Gasteiger charge is 2.14. The predicted molar refractivity (Wildman–Crippen MR) is 84.9 cm³/mol. The van der Waals surface area contributed by atoms with E-state index in [1.165, 1.54) is 11.8 Å². The van der Waals surface area contributed by atoms with Crippen LogP contribution >= 0.6 is 11.8 Å². The molecule has 0 bridgehead atoms. The second-order valence-electron chi connectivity index (χ2n) is 5.01. The fourth-order valence-electron chi connectivity index (χ4n) is 1.84. The maximum absolute atomic E-state index is 11.9. The van der Waals surface area contributed by atoms with Crippen molar-refractivity contribution in [3.63, 3.8) is 0 Å². The molecule has 0 aromatic heterocycles. The van der Waals surface area contributed by atoms with E-state index in [0.29, 0.717) is 0 Å². The number of thioether (sulfide) groups is 1. The summed E-state index contributed by atoms with van der Waals surface area (Å²) < 4.78 is 0. The van der Waals surface area contributed by atoms with Crippen LogP contribution in [0.3, 0.4) is 0 Å². The lowest BCUT2D eigenvalue weighted by atomic mass is 10.1. The van der Waals surface area contributed by atoms with Crippen LogP contribution in [0.15, 0.2) is 29.2 Å². The van der Waals surface area contributed by atoms with Crippen molar-refractivity contribution >= 4 is 17.7 Å². The molecule has 1 rings (SSSR count). The molecule has 4 heteroatoms. The molecule has 1 aromatic rings. The SMILES string of the molecule is CCCCCNC(=O)C(C)Sc1cccc(C(C)O)c1. The van der Waals surface area contributed by atoms with E-state index in [-0.39, 0.29) is 11.2 Å². The molecule has 2 N–H and O–H groups in total.